The summed E-state index contributed by atoms with van der Waals surface area (Å²) in [6, 6.07) is 7.42. The van der Waals surface area contributed by atoms with Crippen molar-refractivity contribution in [3.8, 4) is 0 Å². The largest absolute Gasteiger partial charge is 0.370 e. The predicted octanol–water partition coefficient (Wildman–Crippen LogP) is 2.68. The van der Waals surface area contributed by atoms with E-state index in [4.69, 9.17) is 0 Å². The van der Waals surface area contributed by atoms with Gasteiger partial charge in [0.25, 0.3) is 0 Å². The summed E-state index contributed by atoms with van der Waals surface area (Å²) in [6.07, 6.45) is 0. The minimum absolute atomic E-state index is 0.0117. The first-order chi connectivity index (χ1) is 8.15. The Morgan fingerprint density at radius 1 is 1.28 bits per heavy atom. The summed E-state index contributed by atoms with van der Waals surface area (Å²) in [6.45, 7) is 7.94. The van der Waals surface area contributed by atoms with Crippen LogP contribution in [0.4, 0.5) is 11.4 Å². The molecule has 0 saturated heterocycles. The lowest BCUT2D eigenvalue weighted by Crippen LogP contribution is -2.38. The molecule has 0 amide bonds. The summed E-state index contributed by atoms with van der Waals surface area (Å²) in [5.74, 6) is 0.0757. The summed E-state index contributed by atoms with van der Waals surface area (Å²) in [5.41, 5.74) is 1.58. The maximum absolute atomic E-state index is 11.5. The van der Waals surface area contributed by atoms with Crippen LogP contribution < -0.4 is 9.62 Å². The van der Waals surface area contributed by atoms with E-state index in [-0.39, 0.29) is 11.3 Å². The molecule has 0 spiro atoms. The molecule has 1 rings (SSSR count). The van der Waals surface area contributed by atoms with E-state index in [1.165, 1.54) is 0 Å². The van der Waals surface area contributed by atoms with Crippen LogP contribution >= 0.6 is 0 Å². The number of anilines is 2. The highest BCUT2D eigenvalue weighted by atomic mass is 32.2. The van der Waals surface area contributed by atoms with Crippen LogP contribution in [-0.4, -0.2) is 26.8 Å². The third-order valence-corrected chi connectivity index (χ3v) is 4.20. The molecule has 0 aromatic heterocycles. The van der Waals surface area contributed by atoms with Gasteiger partial charge in [0.05, 0.1) is 11.4 Å². The molecule has 5 heteroatoms. The van der Waals surface area contributed by atoms with E-state index in [0.717, 1.165) is 5.69 Å². The van der Waals surface area contributed by atoms with Crippen LogP contribution in [0, 0.1) is 0 Å². The van der Waals surface area contributed by atoms with E-state index in [1.54, 1.807) is 13.0 Å². The van der Waals surface area contributed by atoms with Crippen molar-refractivity contribution in [2.24, 2.45) is 0 Å². The van der Waals surface area contributed by atoms with E-state index in [0.29, 0.717) is 5.69 Å². The number of rotatable bonds is 4. The number of hydrogen-bond acceptors (Lipinski definition) is 3. The lowest BCUT2D eigenvalue weighted by atomic mass is 10.1. The second-order valence-corrected chi connectivity index (χ2v) is 7.30. The molecule has 0 bridgehead atoms. The molecular weight excluding hydrogens is 248 g/mol. The third kappa shape index (κ3) is 3.91. The van der Waals surface area contributed by atoms with Crippen molar-refractivity contribution >= 4 is 21.4 Å². The molecule has 0 heterocycles. The van der Waals surface area contributed by atoms with Gasteiger partial charge in [-0.15, -0.1) is 0 Å². The van der Waals surface area contributed by atoms with Gasteiger partial charge in [-0.3, -0.25) is 4.72 Å². The molecule has 0 radical (unpaired) electrons. The fourth-order valence-electron chi connectivity index (χ4n) is 1.42. The van der Waals surface area contributed by atoms with Gasteiger partial charge in [0.1, 0.15) is 0 Å². The van der Waals surface area contributed by atoms with E-state index < -0.39 is 10.0 Å². The van der Waals surface area contributed by atoms with Crippen LogP contribution in [0.3, 0.4) is 0 Å². The normalized spacial score (nSPS) is 12.3. The van der Waals surface area contributed by atoms with E-state index in [2.05, 4.69) is 30.4 Å². The summed E-state index contributed by atoms with van der Waals surface area (Å²) in [7, 11) is -1.23. The van der Waals surface area contributed by atoms with Gasteiger partial charge in [-0.1, -0.05) is 6.07 Å². The Hall–Kier alpha value is -1.23. The fourth-order valence-corrected chi connectivity index (χ4v) is 2.05. The molecule has 18 heavy (non-hydrogen) atoms. The highest BCUT2D eigenvalue weighted by molar-refractivity contribution is 7.92. The molecule has 0 saturated carbocycles. The van der Waals surface area contributed by atoms with Crippen molar-refractivity contribution in [2.75, 3.05) is 22.4 Å². The molecule has 0 aliphatic carbocycles. The maximum atomic E-state index is 11.5. The zero-order valence-corrected chi connectivity index (χ0v) is 12.5. The molecule has 0 unspecified atom stereocenters. The smallest absolute Gasteiger partial charge is 0.232 e. The van der Waals surface area contributed by atoms with Crippen molar-refractivity contribution in [3.05, 3.63) is 24.3 Å². The zero-order chi connectivity index (χ0) is 14.0. The summed E-state index contributed by atoms with van der Waals surface area (Å²) >= 11 is 0. The Morgan fingerprint density at radius 2 is 1.89 bits per heavy atom. The van der Waals surface area contributed by atoms with Crippen LogP contribution in [-0.2, 0) is 10.0 Å². The first-order valence-electron chi connectivity index (χ1n) is 6.00. The first-order valence-corrected chi connectivity index (χ1v) is 7.65. The van der Waals surface area contributed by atoms with Crippen LogP contribution in [0.25, 0.3) is 0 Å². The molecule has 4 nitrogen and oxygen atoms in total. The molecule has 1 N–H and O–H groups in total. The standard InChI is InChI=1S/C13H22N2O2S/c1-6-18(16,17)14-11-8-7-9-12(10-11)15(5)13(2,3)4/h7-10,14H,6H2,1-5H3. The first kappa shape index (κ1) is 14.8. The number of nitrogens with one attached hydrogen (secondary N) is 1. The summed E-state index contributed by atoms with van der Waals surface area (Å²) in [4.78, 5) is 2.11. The highest BCUT2D eigenvalue weighted by Gasteiger charge is 2.17. The fraction of sp³-hybridized carbons (Fsp3) is 0.538. The van der Waals surface area contributed by atoms with E-state index in [9.17, 15) is 8.42 Å². The number of hydrogen-bond donors (Lipinski definition) is 1. The van der Waals surface area contributed by atoms with Crippen molar-refractivity contribution in [1.82, 2.24) is 0 Å². The summed E-state index contributed by atoms with van der Waals surface area (Å²) in [5, 5.41) is 0. The topological polar surface area (TPSA) is 49.4 Å². The second kappa shape index (κ2) is 5.18. The average molecular weight is 270 g/mol. The molecule has 1 aromatic carbocycles. The average Bonchev–Trinajstić information content (AvgIpc) is 2.26. The van der Waals surface area contributed by atoms with Crippen molar-refractivity contribution in [2.45, 2.75) is 33.2 Å². The molecular formula is C13H22N2O2S. The van der Waals surface area contributed by atoms with Gasteiger partial charge < -0.3 is 4.90 Å². The van der Waals surface area contributed by atoms with Gasteiger partial charge in [0.2, 0.25) is 10.0 Å². The predicted molar refractivity (Wildman–Crippen MR) is 77.7 cm³/mol. The monoisotopic (exact) mass is 270 g/mol. The molecule has 0 aliphatic heterocycles. The minimum atomic E-state index is -3.22. The quantitative estimate of drug-likeness (QED) is 0.915. The number of nitrogens with zero attached hydrogens (tertiary/aromatic N) is 1. The molecule has 1 aromatic rings. The SMILES string of the molecule is CCS(=O)(=O)Nc1cccc(N(C)C(C)(C)C)c1. The van der Waals surface area contributed by atoms with Crippen LogP contribution in [0.5, 0.6) is 0 Å². The lowest BCUT2D eigenvalue weighted by molar-refractivity contribution is 0.539. The lowest BCUT2D eigenvalue weighted by Gasteiger charge is -2.34. The van der Waals surface area contributed by atoms with Gasteiger partial charge in [-0.05, 0) is 45.9 Å². The maximum Gasteiger partial charge on any atom is 0.232 e. The van der Waals surface area contributed by atoms with Gasteiger partial charge in [0.15, 0.2) is 0 Å². The molecule has 102 valence electrons. The van der Waals surface area contributed by atoms with Crippen molar-refractivity contribution < 1.29 is 8.42 Å². The third-order valence-electron chi connectivity index (χ3n) is 2.89. The molecule has 0 fully saturated rings. The van der Waals surface area contributed by atoms with Crippen LogP contribution in [0.2, 0.25) is 0 Å². The van der Waals surface area contributed by atoms with Crippen LogP contribution in [0.1, 0.15) is 27.7 Å². The highest BCUT2D eigenvalue weighted by Crippen LogP contribution is 2.24. The zero-order valence-electron chi connectivity index (χ0n) is 11.7. The van der Waals surface area contributed by atoms with Gasteiger partial charge >= 0.3 is 0 Å². The van der Waals surface area contributed by atoms with E-state index >= 15 is 0 Å². The van der Waals surface area contributed by atoms with Crippen LogP contribution in [0.15, 0.2) is 24.3 Å². The van der Waals surface area contributed by atoms with Crippen molar-refractivity contribution in [1.29, 1.82) is 0 Å². The Bertz CT molecular complexity index is 504. The van der Waals surface area contributed by atoms with Crippen molar-refractivity contribution in [3.63, 3.8) is 0 Å². The Labute approximate surface area is 110 Å². The number of sulfonamides is 1. The van der Waals surface area contributed by atoms with E-state index in [1.807, 2.05) is 25.2 Å². The number of benzene rings is 1. The Balaban J connectivity index is 3.00. The Morgan fingerprint density at radius 3 is 2.39 bits per heavy atom. The minimum Gasteiger partial charge on any atom is -0.370 e. The summed E-state index contributed by atoms with van der Waals surface area (Å²) < 4.78 is 25.6. The molecule has 0 atom stereocenters. The van der Waals surface area contributed by atoms with Gasteiger partial charge in [-0.2, -0.15) is 0 Å². The molecule has 0 aliphatic rings. The van der Waals surface area contributed by atoms with Gasteiger partial charge in [-0.25, -0.2) is 8.42 Å². The Kier molecular flexibility index (Phi) is 4.27. The second-order valence-electron chi connectivity index (χ2n) is 5.29. The van der Waals surface area contributed by atoms with Gasteiger partial charge in [0, 0.05) is 18.3 Å².